The fraction of sp³-hybridized carbons (Fsp3) is 0.0500. The first-order valence-corrected chi connectivity index (χ1v) is 8.06. The third-order valence-corrected chi connectivity index (χ3v) is 4.01. The van der Waals surface area contributed by atoms with Crippen LogP contribution in [0, 0.1) is 6.92 Å². The summed E-state index contributed by atoms with van der Waals surface area (Å²) in [6.45, 7) is 2.06. The second-order valence-corrected chi connectivity index (χ2v) is 6.21. The van der Waals surface area contributed by atoms with Gasteiger partial charge in [0.25, 0.3) is 0 Å². The van der Waals surface area contributed by atoms with E-state index in [-0.39, 0.29) is 5.97 Å². The fourth-order valence-electron chi connectivity index (χ4n) is 2.24. The quantitative estimate of drug-likeness (QED) is 0.442. The fourth-order valence-corrected chi connectivity index (χ4v) is 2.62. The van der Waals surface area contributed by atoms with Crippen molar-refractivity contribution in [3.8, 4) is 16.9 Å². The molecule has 0 radical (unpaired) electrons. The first kappa shape index (κ1) is 15.5. The van der Waals surface area contributed by atoms with Gasteiger partial charge in [-0.15, -0.1) is 0 Å². The van der Waals surface area contributed by atoms with Crippen LogP contribution in [0.3, 0.4) is 0 Å². The molecular weight excluding hydrogens is 352 g/mol. The van der Waals surface area contributed by atoms with Crippen molar-refractivity contribution in [1.29, 1.82) is 0 Å². The molecule has 0 N–H and O–H groups in total. The summed E-state index contributed by atoms with van der Waals surface area (Å²) in [6, 6.07) is 23.0. The van der Waals surface area contributed by atoms with Crippen molar-refractivity contribution in [2.75, 3.05) is 0 Å². The van der Waals surface area contributed by atoms with Gasteiger partial charge in [-0.1, -0.05) is 64.0 Å². The largest absolute Gasteiger partial charge is 0.423 e. The van der Waals surface area contributed by atoms with E-state index in [1.54, 1.807) is 24.3 Å². The zero-order valence-corrected chi connectivity index (χ0v) is 14.2. The molecule has 3 rings (SSSR count). The highest BCUT2D eigenvalue weighted by molar-refractivity contribution is 9.10. The molecule has 23 heavy (non-hydrogen) atoms. The summed E-state index contributed by atoms with van der Waals surface area (Å²) in [5, 5.41) is 0. The molecule has 0 aliphatic heterocycles. The topological polar surface area (TPSA) is 26.3 Å². The summed E-state index contributed by atoms with van der Waals surface area (Å²) in [4.78, 5) is 12.2. The van der Waals surface area contributed by atoms with Gasteiger partial charge in [0.05, 0.1) is 5.56 Å². The van der Waals surface area contributed by atoms with Gasteiger partial charge in [-0.05, 0) is 48.4 Å². The van der Waals surface area contributed by atoms with E-state index < -0.39 is 0 Å². The molecule has 0 aromatic heterocycles. The molecule has 0 fully saturated rings. The van der Waals surface area contributed by atoms with Gasteiger partial charge >= 0.3 is 5.97 Å². The zero-order valence-electron chi connectivity index (χ0n) is 12.6. The van der Waals surface area contributed by atoms with Crippen LogP contribution in [0.1, 0.15) is 15.9 Å². The highest BCUT2D eigenvalue weighted by Crippen LogP contribution is 2.22. The number of hydrogen-bond acceptors (Lipinski definition) is 2. The number of carbonyl (C=O) groups is 1. The lowest BCUT2D eigenvalue weighted by atomic mass is 10.0. The molecule has 0 spiro atoms. The van der Waals surface area contributed by atoms with E-state index >= 15 is 0 Å². The van der Waals surface area contributed by atoms with Crippen LogP contribution in [-0.4, -0.2) is 5.97 Å². The first-order chi connectivity index (χ1) is 11.1. The summed E-state index contributed by atoms with van der Waals surface area (Å²) in [5.41, 5.74) is 3.95. The van der Waals surface area contributed by atoms with E-state index in [0.717, 1.165) is 15.6 Å². The smallest absolute Gasteiger partial charge is 0.343 e. The predicted octanol–water partition coefficient (Wildman–Crippen LogP) is 5.64. The maximum atomic E-state index is 12.2. The van der Waals surface area contributed by atoms with E-state index in [4.69, 9.17) is 4.74 Å². The molecule has 0 bridgehead atoms. The Hall–Kier alpha value is -2.39. The molecule has 0 saturated carbocycles. The molecule has 3 heteroatoms. The maximum absolute atomic E-state index is 12.2. The number of carbonyl (C=O) groups excluding carboxylic acids is 1. The number of hydrogen-bond donors (Lipinski definition) is 0. The molecule has 114 valence electrons. The molecule has 0 aliphatic rings. The number of benzene rings is 3. The number of halogens is 1. The van der Waals surface area contributed by atoms with Crippen LogP contribution in [0.5, 0.6) is 5.75 Å². The van der Waals surface area contributed by atoms with Crippen molar-refractivity contribution in [3.63, 3.8) is 0 Å². The van der Waals surface area contributed by atoms with Crippen LogP contribution in [0.4, 0.5) is 0 Å². The van der Waals surface area contributed by atoms with Gasteiger partial charge in [0.2, 0.25) is 0 Å². The molecule has 0 heterocycles. The van der Waals surface area contributed by atoms with Crippen molar-refractivity contribution in [1.82, 2.24) is 0 Å². The Labute approximate surface area is 143 Å². The lowest BCUT2D eigenvalue weighted by Gasteiger charge is -2.06. The maximum Gasteiger partial charge on any atom is 0.343 e. The summed E-state index contributed by atoms with van der Waals surface area (Å²) < 4.78 is 6.25. The molecule has 3 aromatic rings. The molecular formula is C20H15BrO2. The molecule has 0 atom stereocenters. The SMILES string of the molecule is Cc1ccc(-c2ccc(C(=O)Oc3cccc(Br)c3)cc2)cc1. The molecule has 2 nitrogen and oxygen atoms in total. The second-order valence-electron chi connectivity index (χ2n) is 5.29. The van der Waals surface area contributed by atoms with Crippen molar-refractivity contribution in [2.45, 2.75) is 6.92 Å². The highest BCUT2D eigenvalue weighted by atomic mass is 79.9. The summed E-state index contributed by atoms with van der Waals surface area (Å²) in [6.07, 6.45) is 0. The zero-order chi connectivity index (χ0) is 16.2. The Morgan fingerprint density at radius 1 is 0.870 bits per heavy atom. The van der Waals surface area contributed by atoms with Gasteiger partial charge in [0.1, 0.15) is 5.75 Å². The monoisotopic (exact) mass is 366 g/mol. The predicted molar refractivity (Wildman–Crippen MR) is 95.7 cm³/mol. The standard InChI is InChI=1S/C20H15BrO2/c1-14-5-7-15(8-6-14)16-9-11-17(12-10-16)20(22)23-19-4-2-3-18(21)13-19/h2-13H,1H3. The Kier molecular flexibility index (Phi) is 4.58. The third-order valence-electron chi connectivity index (χ3n) is 3.51. The van der Waals surface area contributed by atoms with Gasteiger partial charge in [-0.25, -0.2) is 4.79 Å². The molecule has 0 amide bonds. The lowest BCUT2D eigenvalue weighted by Crippen LogP contribution is -2.08. The summed E-state index contributed by atoms with van der Waals surface area (Å²) in [5.74, 6) is 0.158. The van der Waals surface area contributed by atoms with Crippen LogP contribution < -0.4 is 4.74 Å². The minimum atomic E-state index is -0.362. The summed E-state index contributed by atoms with van der Waals surface area (Å²) >= 11 is 3.36. The lowest BCUT2D eigenvalue weighted by molar-refractivity contribution is 0.0734. The molecule has 0 saturated heterocycles. The highest BCUT2D eigenvalue weighted by Gasteiger charge is 2.09. The van der Waals surface area contributed by atoms with Gasteiger partial charge in [0.15, 0.2) is 0 Å². The van der Waals surface area contributed by atoms with Gasteiger partial charge in [-0.3, -0.25) is 0 Å². The minimum absolute atomic E-state index is 0.362. The third kappa shape index (κ3) is 3.88. The van der Waals surface area contributed by atoms with E-state index in [9.17, 15) is 4.79 Å². The normalized spacial score (nSPS) is 10.3. The Balaban J connectivity index is 1.76. The number of aryl methyl sites for hydroxylation is 1. The van der Waals surface area contributed by atoms with Gasteiger partial charge in [0, 0.05) is 4.47 Å². The number of ether oxygens (including phenoxy) is 1. The van der Waals surface area contributed by atoms with Crippen LogP contribution in [-0.2, 0) is 0 Å². The Morgan fingerprint density at radius 2 is 1.48 bits per heavy atom. The average Bonchev–Trinajstić information content (AvgIpc) is 2.56. The number of rotatable bonds is 3. The first-order valence-electron chi connectivity index (χ1n) is 7.27. The van der Waals surface area contributed by atoms with E-state index in [1.165, 1.54) is 5.56 Å². The molecule has 0 unspecified atom stereocenters. The van der Waals surface area contributed by atoms with Crippen LogP contribution in [0.2, 0.25) is 0 Å². The van der Waals surface area contributed by atoms with Crippen LogP contribution >= 0.6 is 15.9 Å². The van der Waals surface area contributed by atoms with Crippen molar-refractivity contribution < 1.29 is 9.53 Å². The Morgan fingerprint density at radius 3 is 2.09 bits per heavy atom. The van der Waals surface area contributed by atoms with Gasteiger partial charge in [-0.2, -0.15) is 0 Å². The van der Waals surface area contributed by atoms with Crippen LogP contribution in [0.25, 0.3) is 11.1 Å². The average molecular weight is 367 g/mol. The van der Waals surface area contributed by atoms with Crippen LogP contribution in [0.15, 0.2) is 77.3 Å². The van der Waals surface area contributed by atoms with Crippen molar-refractivity contribution >= 4 is 21.9 Å². The summed E-state index contributed by atoms with van der Waals surface area (Å²) in [7, 11) is 0. The van der Waals surface area contributed by atoms with Gasteiger partial charge < -0.3 is 4.74 Å². The Bertz CT molecular complexity index is 821. The van der Waals surface area contributed by atoms with Crippen molar-refractivity contribution in [3.05, 3.63) is 88.4 Å². The molecule has 3 aromatic carbocycles. The number of esters is 1. The van der Waals surface area contributed by atoms with E-state index in [2.05, 4.69) is 47.1 Å². The second kappa shape index (κ2) is 6.80. The van der Waals surface area contributed by atoms with E-state index in [1.807, 2.05) is 24.3 Å². The van der Waals surface area contributed by atoms with E-state index in [0.29, 0.717) is 11.3 Å². The minimum Gasteiger partial charge on any atom is -0.423 e. The molecule has 0 aliphatic carbocycles. The van der Waals surface area contributed by atoms with Crippen molar-refractivity contribution in [2.24, 2.45) is 0 Å².